The van der Waals surface area contributed by atoms with Gasteiger partial charge in [0.2, 0.25) is 5.91 Å². The maximum Gasteiger partial charge on any atom is 0.223 e. The van der Waals surface area contributed by atoms with Crippen molar-refractivity contribution in [3.8, 4) is 11.8 Å². The minimum Gasteiger partial charge on any atom is -0.351 e. The molecule has 0 saturated carbocycles. The van der Waals surface area contributed by atoms with Crippen LogP contribution >= 0.6 is 11.3 Å². The van der Waals surface area contributed by atoms with E-state index in [-0.39, 0.29) is 11.8 Å². The minimum absolute atomic E-state index is 0.0430. The molecule has 98 valence electrons. The Hall–Kier alpha value is -1.31. The number of carbonyl (C=O) groups excluding carboxylic acids is 1. The number of nitrogens with one attached hydrogen (secondary N) is 1. The van der Waals surface area contributed by atoms with Crippen LogP contribution in [-0.4, -0.2) is 12.5 Å². The molecule has 0 radical (unpaired) electrons. The summed E-state index contributed by atoms with van der Waals surface area (Å²) in [5.74, 6) is 6.30. The third-order valence-corrected chi connectivity index (χ3v) is 3.78. The average Bonchev–Trinajstić information content (AvgIpc) is 2.80. The Balaban J connectivity index is 2.49. The van der Waals surface area contributed by atoms with Crippen molar-refractivity contribution in [2.45, 2.75) is 27.3 Å². The van der Waals surface area contributed by atoms with Crippen molar-refractivity contribution in [2.24, 2.45) is 17.6 Å². The van der Waals surface area contributed by atoms with Crippen molar-refractivity contribution < 1.29 is 4.79 Å². The van der Waals surface area contributed by atoms with Gasteiger partial charge in [-0.05, 0) is 12.0 Å². The molecule has 0 aliphatic carbocycles. The average molecular weight is 264 g/mol. The number of hydrogen-bond acceptors (Lipinski definition) is 3. The standard InChI is InChI=1S/C14H20N2OS/c1-10(2)11(3)14(17)16-8-13-7-12(9-18-13)5-4-6-15/h7,9-11H,6,8,15H2,1-3H3,(H,16,17). The first-order valence-electron chi connectivity index (χ1n) is 6.08. The fourth-order valence-electron chi connectivity index (χ4n) is 1.33. The summed E-state index contributed by atoms with van der Waals surface area (Å²) in [6.45, 7) is 7.00. The fraction of sp³-hybridized carbons (Fsp3) is 0.500. The summed E-state index contributed by atoms with van der Waals surface area (Å²) in [5, 5.41) is 4.93. The molecule has 4 heteroatoms. The quantitative estimate of drug-likeness (QED) is 0.817. The highest BCUT2D eigenvalue weighted by atomic mass is 32.1. The van der Waals surface area contributed by atoms with Gasteiger partial charge in [0.05, 0.1) is 13.1 Å². The summed E-state index contributed by atoms with van der Waals surface area (Å²) in [6.07, 6.45) is 0. The topological polar surface area (TPSA) is 55.1 Å². The molecule has 0 fully saturated rings. The van der Waals surface area contributed by atoms with Gasteiger partial charge in [-0.15, -0.1) is 11.3 Å². The number of rotatable bonds is 4. The lowest BCUT2D eigenvalue weighted by molar-refractivity contribution is -0.125. The van der Waals surface area contributed by atoms with Gasteiger partial charge in [0.15, 0.2) is 0 Å². The molecule has 1 heterocycles. The molecular weight excluding hydrogens is 244 g/mol. The maximum absolute atomic E-state index is 11.8. The van der Waals surface area contributed by atoms with E-state index in [1.165, 1.54) is 0 Å². The van der Waals surface area contributed by atoms with Gasteiger partial charge in [-0.3, -0.25) is 4.79 Å². The monoisotopic (exact) mass is 264 g/mol. The smallest absolute Gasteiger partial charge is 0.223 e. The van der Waals surface area contributed by atoms with Crippen molar-refractivity contribution >= 4 is 17.2 Å². The lowest BCUT2D eigenvalue weighted by Crippen LogP contribution is -2.31. The van der Waals surface area contributed by atoms with E-state index < -0.39 is 0 Å². The second kappa shape index (κ2) is 7.20. The highest BCUT2D eigenvalue weighted by molar-refractivity contribution is 7.10. The van der Waals surface area contributed by atoms with Crippen LogP contribution in [0.2, 0.25) is 0 Å². The Morgan fingerprint density at radius 3 is 2.83 bits per heavy atom. The van der Waals surface area contributed by atoms with Crippen LogP contribution in [0.15, 0.2) is 11.4 Å². The van der Waals surface area contributed by atoms with Crippen LogP contribution in [0, 0.1) is 23.7 Å². The van der Waals surface area contributed by atoms with E-state index in [4.69, 9.17) is 5.73 Å². The summed E-state index contributed by atoms with van der Waals surface area (Å²) >= 11 is 1.60. The SMILES string of the molecule is CC(C)C(C)C(=O)NCc1cc(C#CCN)cs1. The normalized spacial score (nSPS) is 11.8. The molecular formula is C14H20N2OS. The van der Waals surface area contributed by atoms with Gasteiger partial charge >= 0.3 is 0 Å². The van der Waals surface area contributed by atoms with Crippen LogP contribution in [0.3, 0.4) is 0 Å². The summed E-state index contributed by atoms with van der Waals surface area (Å²) in [7, 11) is 0. The molecule has 0 aliphatic rings. The van der Waals surface area contributed by atoms with Gasteiger partial charge in [-0.25, -0.2) is 0 Å². The van der Waals surface area contributed by atoms with Gasteiger partial charge < -0.3 is 11.1 Å². The molecule has 0 saturated heterocycles. The van der Waals surface area contributed by atoms with Crippen LogP contribution in [-0.2, 0) is 11.3 Å². The van der Waals surface area contributed by atoms with E-state index >= 15 is 0 Å². The van der Waals surface area contributed by atoms with Gasteiger partial charge in [0.1, 0.15) is 0 Å². The number of nitrogens with two attached hydrogens (primary N) is 1. The number of hydrogen-bond donors (Lipinski definition) is 2. The van der Waals surface area contributed by atoms with Crippen LogP contribution in [0.4, 0.5) is 0 Å². The first-order chi connectivity index (χ1) is 8.54. The molecule has 18 heavy (non-hydrogen) atoms. The minimum atomic E-state index is 0.0430. The highest BCUT2D eigenvalue weighted by Gasteiger charge is 2.16. The van der Waals surface area contributed by atoms with Crippen LogP contribution in [0.5, 0.6) is 0 Å². The Morgan fingerprint density at radius 2 is 2.22 bits per heavy atom. The van der Waals surface area contributed by atoms with E-state index in [0.29, 0.717) is 19.0 Å². The molecule has 1 unspecified atom stereocenters. The summed E-state index contributed by atoms with van der Waals surface area (Å²) < 4.78 is 0. The Bertz CT molecular complexity index is 454. The molecule has 0 spiro atoms. The lowest BCUT2D eigenvalue weighted by Gasteiger charge is -2.14. The van der Waals surface area contributed by atoms with Gasteiger partial charge in [-0.1, -0.05) is 32.6 Å². The second-order valence-electron chi connectivity index (χ2n) is 4.56. The third kappa shape index (κ3) is 4.52. The van der Waals surface area contributed by atoms with Crippen molar-refractivity contribution in [2.75, 3.05) is 6.54 Å². The Kier molecular flexibility index (Phi) is 5.90. The fourth-order valence-corrected chi connectivity index (χ4v) is 2.09. The zero-order chi connectivity index (χ0) is 13.5. The molecule has 1 aromatic heterocycles. The molecule has 1 amide bonds. The summed E-state index contributed by atoms with van der Waals surface area (Å²) in [5.41, 5.74) is 6.28. The van der Waals surface area contributed by atoms with Crippen LogP contribution in [0.1, 0.15) is 31.2 Å². The Labute approximate surface area is 113 Å². The first-order valence-corrected chi connectivity index (χ1v) is 6.96. The first kappa shape index (κ1) is 14.7. The van der Waals surface area contributed by atoms with E-state index in [0.717, 1.165) is 10.4 Å². The summed E-state index contributed by atoms with van der Waals surface area (Å²) in [4.78, 5) is 12.9. The van der Waals surface area contributed by atoms with Crippen molar-refractivity contribution in [3.05, 3.63) is 21.9 Å². The molecule has 3 N–H and O–H groups in total. The predicted molar refractivity (Wildman–Crippen MR) is 76.1 cm³/mol. The van der Waals surface area contributed by atoms with Gasteiger partial charge in [0.25, 0.3) is 0 Å². The number of carbonyl (C=O) groups is 1. The maximum atomic E-state index is 11.8. The second-order valence-corrected chi connectivity index (χ2v) is 5.55. The largest absolute Gasteiger partial charge is 0.351 e. The molecule has 1 aromatic rings. The predicted octanol–water partition coefficient (Wildman–Crippen LogP) is 1.97. The third-order valence-electron chi connectivity index (χ3n) is 2.84. The zero-order valence-electron chi connectivity index (χ0n) is 11.1. The number of amides is 1. The molecule has 0 bridgehead atoms. The van der Waals surface area contributed by atoms with Gasteiger partial charge in [0, 0.05) is 21.7 Å². The van der Waals surface area contributed by atoms with E-state index in [1.807, 2.05) is 18.4 Å². The van der Waals surface area contributed by atoms with Crippen molar-refractivity contribution in [1.82, 2.24) is 5.32 Å². The molecule has 0 aromatic carbocycles. The number of thiophene rings is 1. The van der Waals surface area contributed by atoms with Crippen LogP contribution < -0.4 is 11.1 Å². The van der Waals surface area contributed by atoms with Crippen molar-refractivity contribution in [1.29, 1.82) is 0 Å². The highest BCUT2D eigenvalue weighted by Crippen LogP contribution is 2.14. The molecule has 3 nitrogen and oxygen atoms in total. The van der Waals surface area contributed by atoms with Gasteiger partial charge in [-0.2, -0.15) is 0 Å². The van der Waals surface area contributed by atoms with E-state index in [9.17, 15) is 4.79 Å². The Morgan fingerprint density at radius 1 is 1.50 bits per heavy atom. The lowest BCUT2D eigenvalue weighted by atomic mass is 9.97. The summed E-state index contributed by atoms with van der Waals surface area (Å²) in [6, 6.07) is 1.99. The van der Waals surface area contributed by atoms with E-state index in [1.54, 1.807) is 11.3 Å². The molecule has 1 rings (SSSR count). The van der Waals surface area contributed by atoms with Crippen molar-refractivity contribution in [3.63, 3.8) is 0 Å². The molecule has 1 atom stereocenters. The van der Waals surface area contributed by atoms with Crippen LogP contribution in [0.25, 0.3) is 0 Å². The van der Waals surface area contributed by atoms with E-state index in [2.05, 4.69) is 31.0 Å². The molecule has 0 aliphatic heterocycles. The zero-order valence-corrected chi connectivity index (χ0v) is 11.9.